The summed E-state index contributed by atoms with van der Waals surface area (Å²) in [5, 5.41) is 0. The van der Waals surface area contributed by atoms with E-state index < -0.39 is 10.0 Å². The molecule has 0 spiro atoms. The van der Waals surface area contributed by atoms with Crippen LogP contribution in [0.5, 0.6) is 0 Å². The number of aromatic nitrogens is 1. The first-order valence-electron chi connectivity index (χ1n) is 5.77. The summed E-state index contributed by atoms with van der Waals surface area (Å²) in [5.74, 6) is 0.834. The molecule has 0 atom stereocenters. The number of thioether (sulfide) groups is 1. The van der Waals surface area contributed by atoms with Gasteiger partial charge in [0.1, 0.15) is 4.66 Å². The number of rotatable bonds is 6. The lowest BCUT2D eigenvalue weighted by Crippen LogP contribution is -2.12. The minimum atomic E-state index is -3.29. The van der Waals surface area contributed by atoms with Crippen LogP contribution in [0.15, 0.2) is 53.7 Å². The monoisotopic (exact) mass is 372 g/mol. The molecular weight excluding hydrogens is 360 g/mol. The lowest BCUT2D eigenvalue weighted by Gasteiger charge is -2.06. The minimum absolute atomic E-state index is 0.114. The lowest BCUT2D eigenvalue weighted by molar-refractivity contribution is 0.606. The Labute approximate surface area is 131 Å². The SMILES string of the molecule is O=S(=O)(CBr)Nc1ccc(SCc2cccnc2)cc1. The number of hydrogen-bond acceptors (Lipinski definition) is 4. The van der Waals surface area contributed by atoms with Crippen LogP contribution in [0.1, 0.15) is 5.56 Å². The summed E-state index contributed by atoms with van der Waals surface area (Å²) in [6.45, 7) is 0. The fourth-order valence-corrected chi connectivity index (χ4v) is 3.20. The number of halogens is 1. The zero-order chi connectivity index (χ0) is 14.4. The van der Waals surface area contributed by atoms with E-state index in [0.717, 1.165) is 16.2 Å². The second-order valence-corrected chi connectivity index (χ2v) is 8.07. The van der Waals surface area contributed by atoms with Crippen molar-refractivity contribution in [2.45, 2.75) is 10.6 Å². The molecule has 0 bridgehead atoms. The van der Waals surface area contributed by atoms with Crippen LogP contribution in [0, 0.1) is 0 Å². The minimum Gasteiger partial charge on any atom is -0.283 e. The highest BCUT2D eigenvalue weighted by atomic mass is 79.9. The van der Waals surface area contributed by atoms with Crippen molar-refractivity contribution in [2.75, 3.05) is 9.38 Å². The first-order chi connectivity index (χ1) is 9.59. The number of nitrogens with one attached hydrogen (secondary N) is 1. The number of pyridine rings is 1. The van der Waals surface area contributed by atoms with Crippen molar-refractivity contribution in [3.05, 3.63) is 54.4 Å². The van der Waals surface area contributed by atoms with Crippen molar-refractivity contribution >= 4 is 43.4 Å². The van der Waals surface area contributed by atoms with Crippen LogP contribution >= 0.6 is 27.7 Å². The Morgan fingerprint density at radius 3 is 2.55 bits per heavy atom. The molecule has 0 aliphatic carbocycles. The molecule has 4 nitrogen and oxygen atoms in total. The quantitative estimate of drug-likeness (QED) is 0.622. The van der Waals surface area contributed by atoms with Gasteiger partial charge in [0.05, 0.1) is 0 Å². The zero-order valence-electron chi connectivity index (χ0n) is 10.5. The maximum Gasteiger partial charge on any atom is 0.242 e. The van der Waals surface area contributed by atoms with Crippen LogP contribution in [-0.4, -0.2) is 18.1 Å². The van der Waals surface area contributed by atoms with Crippen LogP contribution in [0.2, 0.25) is 0 Å². The molecule has 0 amide bonds. The Hall–Kier alpha value is -1.05. The third-order valence-electron chi connectivity index (χ3n) is 2.40. The largest absolute Gasteiger partial charge is 0.283 e. The van der Waals surface area contributed by atoms with Crippen molar-refractivity contribution < 1.29 is 8.42 Å². The molecular formula is C13H13BrN2O2S2. The molecule has 0 saturated heterocycles. The highest BCUT2D eigenvalue weighted by Crippen LogP contribution is 2.24. The molecule has 0 unspecified atom stereocenters. The van der Waals surface area contributed by atoms with E-state index >= 15 is 0 Å². The van der Waals surface area contributed by atoms with Gasteiger partial charge in [-0.2, -0.15) is 0 Å². The molecule has 2 aromatic rings. The number of sulfonamides is 1. The van der Waals surface area contributed by atoms with Gasteiger partial charge in [-0.1, -0.05) is 22.0 Å². The second kappa shape index (κ2) is 7.10. The zero-order valence-corrected chi connectivity index (χ0v) is 13.7. The Morgan fingerprint density at radius 1 is 1.20 bits per heavy atom. The summed E-state index contributed by atoms with van der Waals surface area (Å²) < 4.78 is 25.1. The van der Waals surface area contributed by atoms with Gasteiger partial charge in [0.15, 0.2) is 0 Å². The molecule has 0 radical (unpaired) electrons. The van der Waals surface area contributed by atoms with Gasteiger partial charge in [0.2, 0.25) is 10.0 Å². The molecule has 1 heterocycles. The van der Waals surface area contributed by atoms with E-state index in [4.69, 9.17) is 0 Å². The molecule has 20 heavy (non-hydrogen) atoms. The van der Waals surface area contributed by atoms with Gasteiger partial charge in [-0.05, 0) is 35.9 Å². The molecule has 0 saturated carbocycles. The fourth-order valence-electron chi connectivity index (χ4n) is 1.48. The van der Waals surface area contributed by atoms with Gasteiger partial charge in [-0.25, -0.2) is 8.42 Å². The third kappa shape index (κ3) is 4.81. The number of hydrogen-bond donors (Lipinski definition) is 1. The number of benzene rings is 1. The van der Waals surface area contributed by atoms with Crippen LogP contribution in [-0.2, 0) is 15.8 Å². The van der Waals surface area contributed by atoms with Crippen LogP contribution in [0.3, 0.4) is 0 Å². The van der Waals surface area contributed by atoms with E-state index in [-0.39, 0.29) is 4.66 Å². The maximum absolute atomic E-state index is 11.4. The molecule has 106 valence electrons. The van der Waals surface area contributed by atoms with Crippen LogP contribution < -0.4 is 4.72 Å². The van der Waals surface area contributed by atoms with Crippen molar-refractivity contribution in [1.29, 1.82) is 0 Å². The topological polar surface area (TPSA) is 59.1 Å². The maximum atomic E-state index is 11.4. The van der Waals surface area contributed by atoms with Crippen molar-refractivity contribution in [3.8, 4) is 0 Å². The van der Waals surface area contributed by atoms with E-state index in [1.54, 1.807) is 30.1 Å². The molecule has 1 aromatic carbocycles. The van der Waals surface area contributed by atoms with Gasteiger partial charge in [-0.15, -0.1) is 11.8 Å². The van der Waals surface area contributed by atoms with Gasteiger partial charge >= 0.3 is 0 Å². The Bertz CT molecular complexity index is 646. The average molecular weight is 373 g/mol. The third-order valence-corrected chi connectivity index (χ3v) is 6.12. The molecule has 7 heteroatoms. The lowest BCUT2D eigenvalue weighted by atomic mass is 10.3. The van der Waals surface area contributed by atoms with E-state index in [1.807, 2.05) is 30.5 Å². The second-order valence-electron chi connectivity index (χ2n) is 4.00. The summed E-state index contributed by atoms with van der Waals surface area (Å²) in [7, 11) is -3.29. The standard InChI is InChI=1S/C13H13BrN2O2S2/c14-10-20(17,18)16-12-3-5-13(6-4-12)19-9-11-2-1-7-15-8-11/h1-8,16H,9-10H2. The van der Waals surface area contributed by atoms with E-state index in [2.05, 4.69) is 25.6 Å². The van der Waals surface area contributed by atoms with Gasteiger partial charge < -0.3 is 0 Å². The summed E-state index contributed by atoms with van der Waals surface area (Å²) >= 11 is 4.61. The molecule has 0 aliphatic heterocycles. The van der Waals surface area contributed by atoms with Crippen molar-refractivity contribution in [2.24, 2.45) is 0 Å². The first-order valence-corrected chi connectivity index (χ1v) is 9.53. The molecule has 1 N–H and O–H groups in total. The average Bonchev–Trinajstić information content (AvgIpc) is 2.47. The number of alkyl halides is 1. The summed E-state index contributed by atoms with van der Waals surface area (Å²) in [6.07, 6.45) is 3.59. The highest BCUT2D eigenvalue weighted by Gasteiger charge is 2.07. The predicted octanol–water partition coefficient (Wildman–Crippen LogP) is 3.47. The molecule has 0 fully saturated rings. The van der Waals surface area contributed by atoms with Crippen LogP contribution in [0.25, 0.3) is 0 Å². The molecule has 0 aliphatic rings. The van der Waals surface area contributed by atoms with Crippen molar-refractivity contribution in [3.63, 3.8) is 0 Å². The normalized spacial score (nSPS) is 11.2. The van der Waals surface area contributed by atoms with Gasteiger partial charge in [-0.3, -0.25) is 9.71 Å². The van der Waals surface area contributed by atoms with E-state index in [0.29, 0.717) is 5.69 Å². The number of anilines is 1. The predicted molar refractivity (Wildman–Crippen MR) is 86.6 cm³/mol. The summed E-state index contributed by atoms with van der Waals surface area (Å²) in [5.41, 5.74) is 1.72. The van der Waals surface area contributed by atoms with Crippen molar-refractivity contribution in [1.82, 2.24) is 4.98 Å². The number of nitrogens with zero attached hydrogens (tertiary/aromatic N) is 1. The smallest absolute Gasteiger partial charge is 0.242 e. The van der Waals surface area contributed by atoms with E-state index in [1.165, 1.54) is 0 Å². The Balaban J connectivity index is 1.95. The van der Waals surface area contributed by atoms with Gasteiger partial charge in [0, 0.05) is 28.7 Å². The Kier molecular flexibility index (Phi) is 5.45. The molecule has 1 aromatic heterocycles. The van der Waals surface area contributed by atoms with Gasteiger partial charge in [0.25, 0.3) is 0 Å². The summed E-state index contributed by atoms with van der Waals surface area (Å²) in [6, 6.07) is 11.2. The first kappa shape index (κ1) is 15.3. The fraction of sp³-hybridized carbons (Fsp3) is 0.154. The van der Waals surface area contributed by atoms with E-state index in [9.17, 15) is 8.42 Å². The Morgan fingerprint density at radius 2 is 1.95 bits per heavy atom. The summed E-state index contributed by atoms with van der Waals surface area (Å²) in [4.78, 5) is 5.15. The van der Waals surface area contributed by atoms with Crippen LogP contribution in [0.4, 0.5) is 5.69 Å². The highest BCUT2D eigenvalue weighted by molar-refractivity contribution is 9.10. The molecule has 2 rings (SSSR count).